The number of rotatable bonds is 4. The van der Waals surface area contributed by atoms with Crippen LogP contribution < -0.4 is 4.74 Å². The highest BCUT2D eigenvalue weighted by molar-refractivity contribution is 5.97. The molecule has 0 spiro atoms. The van der Waals surface area contributed by atoms with Crippen LogP contribution in [-0.2, 0) is 19.1 Å². The van der Waals surface area contributed by atoms with Crippen LogP contribution in [0.3, 0.4) is 0 Å². The van der Waals surface area contributed by atoms with Gasteiger partial charge in [-0.3, -0.25) is 9.59 Å². The van der Waals surface area contributed by atoms with Crippen LogP contribution in [0.25, 0.3) is 0 Å². The van der Waals surface area contributed by atoms with Gasteiger partial charge in [-0.25, -0.2) is 0 Å². The summed E-state index contributed by atoms with van der Waals surface area (Å²) in [6, 6.07) is 7.28. The van der Waals surface area contributed by atoms with Gasteiger partial charge in [-0.05, 0) is 24.6 Å². The lowest BCUT2D eigenvalue weighted by Gasteiger charge is -2.15. The molecule has 0 unspecified atom stereocenters. The number of hydrogen-bond acceptors (Lipinski definition) is 5. The lowest BCUT2D eigenvalue weighted by atomic mass is 9.88. The van der Waals surface area contributed by atoms with Crippen molar-refractivity contribution in [3.8, 4) is 5.75 Å². The van der Waals surface area contributed by atoms with Gasteiger partial charge in [0.1, 0.15) is 5.75 Å². The minimum Gasteiger partial charge on any atom is -0.497 e. The molecule has 0 amide bonds. The lowest BCUT2D eigenvalue weighted by Crippen LogP contribution is -2.26. The first-order chi connectivity index (χ1) is 9.17. The molecule has 1 aromatic rings. The second kappa shape index (κ2) is 5.73. The Morgan fingerprint density at radius 1 is 1.47 bits per heavy atom. The molecule has 19 heavy (non-hydrogen) atoms. The van der Waals surface area contributed by atoms with E-state index in [9.17, 15) is 9.59 Å². The molecule has 0 bridgehead atoms. The molecular formula is C14H16O5. The van der Waals surface area contributed by atoms with E-state index in [1.54, 1.807) is 26.2 Å². The normalized spacial score (nSPS) is 21.9. The van der Waals surface area contributed by atoms with Gasteiger partial charge >= 0.3 is 11.9 Å². The molecule has 1 heterocycles. The Hall–Kier alpha value is -2.04. The zero-order chi connectivity index (χ0) is 13.8. The summed E-state index contributed by atoms with van der Waals surface area (Å²) in [6.45, 7) is 2.14. The SMILES string of the molecule is CCOC(=O)[C@H]1C(=O)OC[C@@H]1c1cccc(OC)c1. The number of esters is 2. The summed E-state index contributed by atoms with van der Waals surface area (Å²) >= 11 is 0. The summed E-state index contributed by atoms with van der Waals surface area (Å²) in [5, 5.41) is 0. The van der Waals surface area contributed by atoms with Crippen LogP contribution >= 0.6 is 0 Å². The largest absolute Gasteiger partial charge is 0.497 e. The van der Waals surface area contributed by atoms with Gasteiger partial charge in [-0.1, -0.05) is 12.1 Å². The van der Waals surface area contributed by atoms with Gasteiger partial charge < -0.3 is 14.2 Å². The van der Waals surface area contributed by atoms with Crippen LogP contribution in [0.5, 0.6) is 5.75 Å². The Morgan fingerprint density at radius 3 is 2.95 bits per heavy atom. The first-order valence-corrected chi connectivity index (χ1v) is 6.14. The molecule has 1 aliphatic heterocycles. The Kier molecular flexibility index (Phi) is 4.04. The fourth-order valence-electron chi connectivity index (χ4n) is 2.18. The van der Waals surface area contributed by atoms with Crippen molar-refractivity contribution in [1.82, 2.24) is 0 Å². The average molecular weight is 264 g/mol. The van der Waals surface area contributed by atoms with Crippen molar-refractivity contribution in [3.05, 3.63) is 29.8 Å². The topological polar surface area (TPSA) is 61.8 Å². The molecule has 1 aliphatic rings. The van der Waals surface area contributed by atoms with Gasteiger partial charge in [-0.15, -0.1) is 0 Å². The predicted molar refractivity (Wildman–Crippen MR) is 66.8 cm³/mol. The molecule has 1 fully saturated rings. The zero-order valence-electron chi connectivity index (χ0n) is 10.9. The molecule has 102 valence electrons. The number of ether oxygens (including phenoxy) is 3. The van der Waals surface area contributed by atoms with Crippen molar-refractivity contribution < 1.29 is 23.8 Å². The first kappa shape index (κ1) is 13.4. The van der Waals surface area contributed by atoms with Crippen molar-refractivity contribution in [2.45, 2.75) is 12.8 Å². The monoisotopic (exact) mass is 264 g/mol. The standard InChI is InChI=1S/C14H16O5/c1-3-18-13(15)12-11(8-19-14(12)16)9-5-4-6-10(7-9)17-2/h4-7,11-12H,3,8H2,1-2H3/t11-,12+/m1/s1. The van der Waals surface area contributed by atoms with Crippen molar-refractivity contribution in [2.75, 3.05) is 20.3 Å². The van der Waals surface area contributed by atoms with E-state index >= 15 is 0 Å². The molecule has 2 rings (SSSR count). The maximum Gasteiger partial charge on any atom is 0.321 e. The van der Waals surface area contributed by atoms with Crippen LogP contribution in [0.2, 0.25) is 0 Å². The van der Waals surface area contributed by atoms with E-state index in [0.717, 1.165) is 5.56 Å². The van der Waals surface area contributed by atoms with Crippen molar-refractivity contribution in [2.24, 2.45) is 5.92 Å². The third-order valence-electron chi connectivity index (χ3n) is 3.12. The number of carbonyl (C=O) groups excluding carboxylic acids is 2. The van der Waals surface area contributed by atoms with Gasteiger partial charge in [0.2, 0.25) is 0 Å². The number of hydrogen-bond donors (Lipinski definition) is 0. The average Bonchev–Trinajstić information content (AvgIpc) is 2.81. The van der Waals surface area contributed by atoms with Gasteiger partial charge in [0, 0.05) is 5.92 Å². The van der Waals surface area contributed by atoms with E-state index in [4.69, 9.17) is 14.2 Å². The third kappa shape index (κ3) is 2.70. The van der Waals surface area contributed by atoms with E-state index in [2.05, 4.69) is 0 Å². The van der Waals surface area contributed by atoms with Gasteiger partial charge in [0.15, 0.2) is 5.92 Å². The summed E-state index contributed by atoms with van der Waals surface area (Å²) in [5.41, 5.74) is 0.836. The van der Waals surface area contributed by atoms with Crippen molar-refractivity contribution in [3.63, 3.8) is 0 Å². The quantitative estimate of drug-likeness (QED) is 0.609. The van der Waals surface area contributed by atoms with E-state index in [0.29, 0.717) is 5.75 Å². The van der Waals surface area contributed by atoms with E-state index < -0.39 is 17.9 Å². The smallest absolute Gasteiger partial charge is 0.321 e. The lowest BCUT2D eigenvalue weighted by molar-refractivity contribution is -0.155. The second-order valence-corrected chi connectivity index (χ2v) is 4.24. The third-order valence-corrected chi connectivity index (χ3v) is 3.12. The molecule has 5 nitrogen and oxygen atoms in total. The fourth-order valence-corrected chi connectivity index (χ4v) is 2.18. The molecule has 0 aromatic heterocycles. The van der Waals surface area contributed by atoms with Crippen LogP contribution in [0.4, 0.5) is 0 Å². The molecule has 1 saturated heterocycles. The number of methoxy groups -OCH3 is 1. The fraction of sp³-hybridized carbons (Fsp3) is 0.429. The van der Waals surface area contributed by atoms with Crippen LogP contribution in [0.1, 0.15) is 18.4 Å². The molecule has 0 aliphatic carbocycles. The number of benzene rings is 1. The van der Waals surface area contributed by atoms with Crippen molar-refractivity contribution in [1.29, 1.82) is 0 Å². The van der Waals surface area contributed by atoms with Crippen LogP contribution in [0.15, 0.2) is 24.3 Å². The molecule has 1 aromatic carbocycles. The first-order valence-electron chi connectivity index (χ1n) is 6.14. The Bertz CT molecular complexity index is 482. The summed E-state index contributed by atoms with van der Waals surface area (Å²) < 4.78 is 15.1. The maximum atomic E-state index is 11.8. The van der Waals surface area contributed by atoms with Crippen molar-refractivity contribution >= 4 is 11.9 Å². The van der Waals surface area contributed by atoms with Gasteiger partial charge in [-0.2, -0.15) is 0 Å². The molecule has 5 heteroatoms. The molecule has 0 N–H and O–H groups in total. The summed E-state index contributed by atoms with van der Waals surface area (Å²) in [5.74, 6) is -1.57. The summed E-state index contributed by atoms with van der Waals surface area (Å²) in [4.78, 5) is 23.5. The minimum absolute atomic E-state index is 0.190. The summed E-state index contributed by atoms with van der Waals surface area (Å²) in [6.07, 6.45) is 0. The van der Waals surface area contributed by atoms with Crippen LogP contribution in [0, 0.1) is 5.92 Å². The molecule has 0 saturated carbocycles. The minimum atomic E-state index is -0.882. The molecular weight excluding hydrogens is 248 g/mol. The summed E-state index contributed by atoms with van der Waals surface area (Å²) in [7, 11) is 1.57. The second-order valence-electron chi connectivity index (χ2n) is 4.24. The van der Waals surface area contributed by atoms with E-state index in [-0.39, 0.29) is 19.1 Å². The Morgan fingerprint density at radius 2 is 2.26 bits per heavy atom. The van der Waals surface area contributed by atoms with Gasteiger partial charge in [0.25, 0.3) is 0 Å². The van der Waals surface area contributed by atoms with Gasteiger partial charge in [0.05, 0.1) is 20.3 Å². The number of carbonyl (C=O) groups is 2. The molecule has 0 radical (unpaired) electrons. The highest BCUT2D eigenvalue weighted by Crippen LogP contribution is 2.34. The van der Waals surface area contributed by atoms with E-state index in [1.165, 1.54) is 0 Å². The van der Waals surface area contributed by atoms with Crippen LogP contribution in [-0.4, -0.2) is 32.3 Å². The zero-order valence-corrected chi connectivity index (χ0v) is 10.9. The Labute approximate surface area is 111 Å². The van der Waals surface area contributed by atoms with E-state index in [1.807, 2.05) is 12.1 Å². The molecule has 2 atom stereocenters. The predicted octanol–water partition coefficient (Wildman–Crippen LogP) is 1.51. The highest BCUT2D eigenvalue weighted by atomic mass is 16.6. The Balaban J connectivity index is 2.26. The maximum absolute atomic E-state index is 11.8. The highest BCUT2D eigenvalue weighted by Gasteiger charge is 2.44. The number of cyclic esters (lactones) is 1.